The number of carbonyl (C=O) groups excluding carboxylic acids is 1. The van der Waals surface area contributed by atoms with E-state index in [1.54, 1.807) is 4.90 Å². The first kappa shape index (κ1) is 20.8. The normalized spacial score (nSPS) is 10.4. The molecule has 4 nitrogen and oxygen atoms in total. The van der Waals surface area contributed by atoms with Gasteiger partial charge in [0, 0.05) is 24.0 Å². The smallest absolute Gasteiger partial charge is 0.246 e. The molecule has 2 aromatic rings. The number of anilines is 2. The lowest BCUT2D eigenvalue weighted by Gasteiger charge is -2.21. The maximum Gasteiger partial charge on any atom is 0.246 e. The van der Waals surface area contributed by atoms with E-state index in [1.807, 2.05) is 61.5 Å². The highest BCUT2D eigenvalue weighted by molar-refractivity contribution is 5.96. The molecule has 27 heavy (non-hydrogen) atoms. The van der Waals surface area contributed by atoms with Crippen LogP contribution in [-0.2, 0) is 4.79 Å². The van der Waals surface area contributed by atoms with E-state index in [9.17, 15) is 4.79 Å². The van der Waals surface area contributed by atoms with Gasteiger partial charge in [-0.15, -0.1) is 0 Å². The minimum atomic E-state index is 0.0472. The molecular formula is C23H32N2O2. The number of nitrogens with zero attached hydrogens (tertiary/aromatic N) is 1. The van der Waals surface area contributed by atoms with E-state index in [0.29, 0.717) is 6.54 Å². The van der Waals surface area contributed by atoms with Gasteiger partial charge in [0.1, 0.15) is 5.75 Å². The van der Waals surface area contributed by atoms with Gasteiger partial charge in [-0.1, -0.05) is 56.9 Å². The van der Waals surface area contributed by atoms with Gasteiger partial charge < -0.3 is 15.0 Å². The maximum absolute atomic E-state index is 12.6. The van der Waals surface area contributed by atoms with Crippen molar-refractivity contribution in [1.82, 2.24) is 0 Å². The van der Waals surface area contributed by atoms with Gasteiger partial charge in [-0.25, -0.2) is 0 Å². The van der Waals surface area contributed by atoms with Crippen LogP contribution in [0.15, 0.2) is 54.6 Å². The third-order valence-electron chi connectivity index (χ3n) is 4.48. The highest BCUT2D eigenvalue weighted by Crippen LogP contribution is 2.18. The number of benzene rings is 2. The number of hydrogen-bond acceptors (Lipinski definition) is 3. The van der Waals surface area contributed by atoms with Gasteiger partial charge in [0.2, 0.25) is 5.91 Å². The van der Waals surface area contributed by atoms with Crippen molar-refractivity contribution in [2.75, 3.05) is 29.9 Å². The number of hydrogen-bond donors (Lipinski definition) is 1. The van der Waals surface area contributed by atoms with Gasteiger partial charge in [0.15, 0.2) is 0 Å². The molecule has 0 saturated carbocycles. The second-order valence-electron chi connectivity index (χ2n) is 6.62. The molecule has 0 heterocycles. The fourth-order valence-electron chi connectivity index (χ4n) is 2.98. The molecule has 4 heteroatoms. The van der Waals surface area contributed by atoms with Crippen LogP contribution in [0.25, 0.3) is 0 Å². The van der Waals surface area contributed by atoms with Crippen LogP contribution in [0, 0.1) is 0 Å². The second kappa shape index (κ2) is 12.0. The molecular weight excluding hydrogens is 336 g/mol. The number of nitrogens with one attached hydrogen (secondary N) is 1. The minimum Gasteiger partial charge on any atom is -0.494 e. The number of rotatable bonds is 12. The van der Waals surface area contributed by atoms with Crippen LogP contribution < -0.4 is 15.0 Å². The van der Waals surface area contributed by atoms with Crippen molar-refractivity contribution in [3.63, 3.8) is 0 Å². The van der Waals surface area contributed by atoms with Crippen LogP contribution in [0.5, 0.6) is 5.75 Å². The average Bonchev–Trinajstić information content (AvgIpc) is 2.71. The van der Waals surface area contributed by atoms with E-state index in [-0.39, 0.29) is 12.5 Å². The van der Waals surface area contributed by atoms with Crippen LogP contribution in [0.1, 0.15) is 46.0 Å². The maximum atomic E-state index is 12.6. The number of carbonyl (C=O) groups is 1. The summed E-state index contributed by atoms with van der Waals surface area (Å²) in [6.07, 6.45) is 6.13. The predicted molar refractivity (Wildman–Crippen MR) is 114 cm³/mol. The van der Waals surface area contributed by atoms with Crippen molar-refractivity contribution in [2.24, 2.45) is 0 Å². The highest BCUT2D eigenvalue weighted by atomic mass is 16.5. The van der Waals surface area contributed by atoms with Gasteiger partial charge in [0.05, 0.1) is 13.2 Å². The van der Waals surface area contributed by atoms with E-state index in [4.69, 9.17) is 4.74 Å². The van der Waals surface area contributed by atoms with Gasteiger partial charge in [-0.3, -0.25) is 4.79 Å². The summed E-state index contributed by atoms with van der Waals surface area (Å²) in [7, 11) is 0. The molecule has 2 aromatic carbocycles. The minimum absolute atomic E-state index is 0.0472. The fourth-order valence-corrected chi connectivity index (χ4v) is 2.98. The van der Waals surface area contributed by atoms with E-state index in [1.165, 1.54) is 25.7 Å². The first-order valence-electron chi connectivity index (χ1n) is 10.1. The lowest BCUT2D eigenvalue weighted by molar-refractivity contribution is -0.116. The Bertz CT molecular complexity index is 673. The Morgan fingerprint density at radius 1 is 0.963 bits per heavy atom. The Kier molecular flexibility index (Phi) is 9.25. The summed E-state index contributed by atoms with van der Waals surface area (Å²) < 4.78 is 5.84. The topological polar surface area (TPSA) is 41.6 Å². The van der Waals surface area contributed by atoms with Crippen molar-refractivity contribution < 1.29 is 9.53 Å². The van der Waals surface area contributed by atoms with Crippen molar-refractivity contribution >= 4 is 17.3 Å². The number of amides is 1. The van der Waals surface area contributed by atoms with E-state index < -0.39 is 0 Å². The van der Waals surface area contributed by atoms with Crippen LogP contribution in [0.3, 0.4) is 0 Å². The standard InChI is InChI=1S/C23H32N2O2/c1-3-5-6-7-11-17-27-22-16-12-13-20(18-22)24-19-23(26)25(4-2)21-14-9-8-10-15-21/h8-10,12-16,18,24H,3-7,11,17,19H2,1-2H3. The molecule has 0 fully saturated rings. The summed E-state index contributed by atoms with van der Waals surface area (Å²) >= 11 is 0. The molecule has 0 aliphatic heterocycles. The monoisotopic (exact) mass is 368 g/mol. The fraction of sp³-hybridized carbons (Fsp3) is 0.435. The van der Waals surface area contributed by atoms with Crippen molar-refractivity contribution in [3.05, 3.63) is 54.6 Å². The molecule has 0 aliphatic carbocycles. The summed E-state index contributed by atoms with van der Waals surface area (Å²) in [6.45, 7) is 5.85. The Labute approximate surface area is 163 Å². The number of para-hydroxylation sites is 1. The summed E-state index contributed by atoms with van der Waals surface area (Å²) in [4.78, 5) is 14.3. The van der Waals surface area contributed by atoms with E-state index >= 15 is 0 Å². The SMILES string of the molecule is CCCCCCCOc1cccc(NCC(=O)N(CC)c2ccccc2)c1. The number of unbranched alkanes of at least 4 members (excludes halogenated alkanes) is 4. The van der Waals surface area contributed by atoms with Crippen molar-refractivity contribution in [1.29, 1.82) is 0 Å². The van der Waals surface area contributed by atoms with Crippen LogP contribution >= 0.6 is 0 Å². The molecule has 0 radical (unpaired) electrons. The Balaban J connectivity index is 1.80. The molecule has 0 saturated heterocycles. The Morgan fingerprint density at radius 2 is 1.74 bits per heavy atom. The molecule has 2 rings (SSSR count). The molecule has 0 atom stereocenters. The zero-order valence-corrected chi connectivity index (χ0v) is 16.6. The molecule has 1 amide bonds. The molecule has 146 valence electrons. The van der Waals surface area contributed by atoms with Gasteiger partial charge in [-0.05, 0) is 37.6 Å². The van der Waals surface area contributed by atoms with Crippen LogP contribution in [0.2, 0.25) is 0 Å². The zero-order valence-electron chi connectivity index (χ0n) is 16.6. The molecule has 0 aromatic heterocycles. The first-order chi connectivity index (χ1) is 13.2. The second-order valence-corrected chi connectivity index (χ2v) is 6.62. The van der Waals surface area contributed by atoms with Crippen molar-refractivity contribution in [2.45, 2.75) is 46.0 Å². The van der Waals surface area contributed by atoms with Crippen LogP contribution in [-0.4, -0.2) is 25.6 Å². The van der Waals surface area contributed by atoms with Crippen LogP contribution in [0.4, 0.5) is 11.4 Å². The largest absolute Gasteiger partial charge is 0.494 e. The van der Waals surface area contributed by atoms with Crippen molar-refractivity contribution in [3.8, 4) is 5.75 Å². The lowest BCUT2D eigenvalue weighted by Crippen LogP contribution is -2.35. The highest BCUT2D eigenvalue weighted by Gasteiger charge is 2.13. The Hall–Kier alpha value is -2.49. The van der Waals surface area contributed by atoms with Gasteiger partial charge >= 0.3 is 0 Å². The quantitative estimate of drug-likeness (QED) is 0.503. The average molecular weight is 369 g/mol. The summed E-state index contributed by atoms with van der Waals surface area (Å²) in [6, 6.07) is 17.6. The molecule has 0 bridgehead atoms. The van der Waals surface area contributed by atoms with Gasteiger partial charge in [-0.2, -0.15) is 0 Å². The van der Waals surface area contributed by atoms with Gasteiger partial charge in [0.25, 0.3) is 0 Å². The predicted octanol–water partition coefficient (Wildman–Crippen LogP) is 5.50. The molecule has 0 aliphatic rings. The lowest BCUT2D eigenvalue weighted by atomic mass is 10.2. The Morgan fingerprint density at radius 3 is 2.48 bits per heavy atom. The molecule has 0 unspecified atom stereocenters. The first-order valence-corrected chi connectivity index (χ1v) is 10.1. The molecule has 0 spiro atoms. The van der Waals surface area contributed by atoms with E-state index in [2.05, 4.69) is 12.2 Å². The third kappa shape index (κ3) is 7.33. The third-order valence-corrected chi connectivity index (χ3v) is 4.48. The number of likely N-dealkylation sites (N-methyl/N-ethyl adjacent to an activating group) is 1. The summed E-state index contributed by atoms with van der Waals surface area (Å²) in [5.74, 6) is 0.893. The molecule has 1 N–H and O–H groups in total. The summed E-state index contributed by atoms with van der Waals surface area (Å²) in [5, 5.41) is 3.22. The summed E-state index contributed by atoms with van der Waals surface area (Å²) in [5.41, 5.74) is 1.82. The zero-order chi connectivity index (χ0) is 19.3. The van der Waals surface area contributed by atoms with E-state index in [0.717, 1.165) is 30.2 Å². The number of ether oxygens (including phenoxy) is 1.